The van der Waals surface area contributed by atoms with Gasteiger partial charge in [0.25, 0.3) is 0 Å². The predicted molar refractivity (Wildman–Crippen MR) is 111 cm³/mol. The number of nitrogens with zero attached hydrogens (tertiary/aromatic N) is 5. The van der Waals surface area contributed by atoms with Gasteiger partial charge in [0.15, 0.2) is 5.16 Å². The maximum Gasteiger partial charge on any atom is 0.233 e. The Morgan fingerprint density at radius 1 is 1.14 bits per heavy atom. The minimum absolute atomic E-state index is 0.204. The third-order valence-electron chi connectivity index (χ3n) is 5.83. The molecule has 2 aromatic rings. The summed E-state index contributed by atoms with van der Waals surface area (Å²) in [5.41, 5.74) is 1.34. The van der Waals surface area contributed by atoms with Gasteiger partial charge in [-0.3, -0.25) is 9.69 Å². The largest absolute Gasteiger partial charge is 0.339 e. The molecule has 1 amide bonds. The molecule has 1 saturated carbocycles. The van der Waals surface area contributed by atoms with Crippen LogP contribution in [0.25, 0.3) is 0 Å². The van der Waals surface area contributed by atoms with E-state index in [2.05, 4.69) is 63.8 Å². The third kappa shape index (κ3) is 4.25. The van der Waals surface area contributed by atoms with Gasteiger partial charge in [-0.25, -0.2) is 0 Å². The summed E-state index contributed by atoms with van der Waals surface area (Å²) in [7, 11) is 0. The van der Waals surface area contributed by atoms with E-state index in [1.165, 1.54) is 30.2 Å². The first-order chi connectivity index (χ1) is 13.7. The second-order valence-electron chi connectivity index (χ2n) is 7.65. The van der Waals surface area contributed by atoms with Crippen molar-refractivity contribution in [1.29, 1.82) is 0 Å². The van der Waals surface area contributed by atoms with Gasteiger partial charge in [0.05, 0.1) is 5.75 Å². The van der Waals surface area contributed by atoms with E-state index in [0.29, 0.717) is 17.7 Å². The normalized spacial score (nSPS) is 19.0. The molecular weight excluding hydrogens is 370 g/mol. The maximum atomic E-state index is 12.7. The zero-order chi connectivity index (χ0) is 19.5. The number of carbonyl (C=O) groups is 1. The van der Waals surface area contributed by atoms with Gasteiger partial charge in [0, 0.05) is 44.7 Å². The van der Waals surface area contributed by atoms with Crippen molar-refractivity contribution in [1.82, 2.24) is 24.6 Å². The van der Waals surface area contributed by atoms with Gasteiger partial charge in [0.1, 0.15) is 5.82 Å². The Morgan fingerprint density at radius 3 is 2.50 bits per heavy atom. The van der Waals surface area contributed by atoms with Gasteiger partial charge in [0.2, 0.25) is 5.91 Å². The highest BCUT2D eigenvalue weighted by Gasteiger charge is 2.30. The van der Waals surface area contributed by atoms with E-state index in [1.807, 2.05) is 4.90 Å². The Kier molecular flexibility index (Phi) is 6.01. The second kappa shape index (κ2) is 8.66. The highest BCUT2D eigenvalue weighted by molar-refractivity contribution is 7.99. The summed E-state index contributed by atoms with van der Waals surface area (Å²) in [6, 6.07) is 11.0. The molecule has 6 nitrogen and oxygen atoms in total. The number of amides is 1. The maximum absolute atomic E-state index is 12.7. The lowest BCUT2D eigenvalue weighted by molar-refractivity contribution is -0.130. The summed E-state index contributed by atoms with van der Waals surface area (Å²) in [5, 5.41) is 9.57. The molecule has 2 heterocycles. The van der Waals surface area contributed by atoms with Gasteiger partial charge in [-0.2, -0.15) is 0 Å². The lowest BCUT2D eigenvalue weighted by Gasteiger charge is -2.38. The summed E-state index contributed by atoms with van der Waals surface area (Å²) in [6.45, 7) is 8.67. The molecule has 1 aliphatic heterocycles. The first-order valence-electron chi connectivity index (χ1n) is 10.3. The number of hydrogen-bond acceptors (Lipinski definition) is 5. The van der Waals surface area contributed by atoms with Crippen LogP contribution in [0.15, 0.2) is 35.5 Å². The van der Waals surface area contributed by atoms with Gasteiger partial charge in [-0.15, -0.1) is 10.2 Å². The van der Waals surface area contributed by atoms with Crippen LogP contribution in [0.2, 0.25) is 0 Å². The van der Waals surface area contributed by atoms with Crippen molar-refractivity contribution >= 4 is 17.7 Å². The van der Waals surface area contributed by atoms with E-state index in [9.17, 15) is 4.79 Å². The van der Waals surface area contributed by atoms with Crippen LogP contribution < -0.4 is 0 Å². The SMILES string of the molecule is CCn1c(SCC(=O)N2CCN([C@H](C)c3ccccc3)CC2)nnc1C1CC1. The smallest absolute Gasteiger partial charge is 0.233 e. The fourth-order valence-electron chi connectivity index (χ4n) is 3.87. The molecule has 1 aromatic carbocycles. The molecule has 0 N–H and O–H groups in total. The van der Waals surface area contributed by atoms with Crippen molar-refractivity contribution in [3.8, 4) is 0 Å². The average molecular weight is 400 g/mol. The molecule has 1 aromatic heterocycles. The van der Waals surface area contributed by atoms with Crippen molar-refractivity contribution < 1.29 is 4.79 Å². The van der Waals surface area contributed by atoms with Gasteiger partial charge < -0.3 is 9.47 Å². The molecule has 7 heteroatoms. The minimum Gasteiger partial charge on any atom is -0.339 e. The van der Waals surface area contributed by atoms with Crippen molar-refractivity contribution in [2.24, 2.45) is 0 Å². The molecule has 1 atom stereocenters. The fourth-order valence-corrected chi connectivity index (χ4v) is 4.78. The number of thioether (sulfide) groups is 1. The zero-order valence-electron chi connectivity index (χ0n) is 16.8. The summed E-state index contributed by atoms with van der Waals surface area (Å²) in [5.74, 6) is 2.32. The van der Waals surface area contributed by atoms with Crippen molar-refractivity contribution in [2.45, 2.75) is 50.4 Å². The Bertz CT molecular complexity index is 796. The summed E-state index contributed by atoms with van der Waals surface area (Å²) in [4.78, 5) is 17.2. The number of carbonyl (C=O) groups excluding carboxylic acids is 1. The van der Waals surface area contributed by atoms with Gasteiger partial charge in [-0.05, 0) is 32.3 Å². The van der Waals surface area contributed by atoms with Crippen LogP contribution in [0.4, 0.5) is 0 Å². The lowest BCUT2D eigenvalue weighted by Crippen LogP contribution is -2.49. The lowest BCUT2D eigenvalue weighted by atomic mass is 10.1. The second-order valence-corrected chi connectivity index (χ2v) is 8.59. The van der Waals surface area contributed by atoms with Crippen molar-refractivity contribution in [3.63, 3.8) is 0 Å². The molecule has 2 fully saturated rings. The summed E-state index contributed by atoms with van der Waals surface area (Å²) < 4.78 is 2.18. The number of hydrogen-bond donors (Lipinski definition) is 0. The van der Waals surface area contributed by atoms with Crippen LogP contribution in [0, 0.1) is 0 Å². The molecule has 150 valence electrons. The summed E-state index contributed by atoms with van der Waals surface area (Å²) in [6.07, 6.45) is 2.43. The fraction of sp³-hybridized carbons (Fsp3) is 0.571. The van der Waals surface area contributed by atoms with Gasteiger partial charge in [-0.1, -0.05) is 42.1 Å². The molecule has 0 bridgehead atoms. The van der Waals surface area contributed by atoms with E-state index < -0.39 is 0 Å². The van der Waals surface area contributed by atoms with E-state index in [1.54, 1.807) is 0 Å². The topological polar surface area (TPSA) is 54.3 Å². The zero-order valence-corrected chi connectivity index (χ0v) is 17.6. The number of benzene rings is 1. The number of piperazine rings is 1. The Morgan fingerprint density at radius 2 is 1.86 bits per heavy atom. The monoisotopic (exact) mass is 399 g/mol. The molecule has 2 aliphatic rings. The third-order valence-corrected chi connectivity index (χ3v) is 6.78. The van der Waals surface area contributed by atoms with Crippen LogP contribution in [0.3, 0.4) is 0 Å². The molecule has 1 aliphatic carbocycles. The minimum atomic E-state index is 0.204. The summed E-state index contributed by atoms with van der Waals surface area (Å²) >= 11 is 1.53. The van der Waals surface area contributed by atoms with E-state index >= 15 is 0 Å². The van der Waals surface area contributed by atoms with Crippen molar-refractivity contribution in [2.75, 3.05) is 31.9 Å². The van der Waals surface area contributed by atoms with E-state index in [0.717, 1.165) is 43.7 Å². The molecule has 0 spiro atoms. The number of rotatable bonds is 7. The van der Waals surface area contributed by atoms with E-state index in [-0.39, 0.29) is 5.91 Å². The standard InChI is InChI=1S/C21H29N5OS/c1-3-26-20(18-9-10-18)22-23-21(26)28-15-19(27)25-13-11-24(12-14-25)16(2)17-7-5-4-6-8-17/h4-8,16,18H,3,9-15H2,1-2H3/t16-/m1/s1. The van der Waals surface area contributed by atoms with Crippen molar-refractivity contribution in [3.05, 3.63) is 41.7 Å². The van der Waals surface area contributed by atoms with Crippen LogP contribution in [-0.2, 0) is 11.3 Å². The molecular formula is C21H29N5OS. The average Bonchev–Trinajstić information content (AvgIpc) is 3.51. The Hall–Kier alpha value is -1.86. The first-order valence-corrected chi connectivity index (χ1v) is 11.3. The van der Waals surface area contributed by atoms with Gasteiger partial charge >= 0.3 is 0 Å². The molecule has 28 heavy (non-hydrogen) atoms. The Labute approximate surface area is 171 Å². The Balaban J connectivity index is 1.28. The first kappa shape index (κ1) is 19.5. The predicted octanol–water partition coefficient (Wildman–Crippen LogP) is 3.17. The van der Waals surface area contributed by atoms with Crippen LogP contribution >= 0.6 is 11.8 Å². The van der Waals surface area contributed by atoms with Crippen LogP contribution in [0.1, 0.15) is 50.0 Å². The number of aromatic nitrogens is 3. The molecule has 1 saturated heterocycles. The molecule has 0 radical (unpaired) electrons. The quantitative estimate of drug-likeness (QED) is 0.670. The highest BCUT2D eigenvalue weighted by atomic mass is 32.2. The molecule has 4 rings (SSSR count). The van der Waals surface area contributed by atoms with Crippen LogP contribution in [-0.4, -0.2) is 62.4 Å². The highest BCUT2D eigenvalue weighted by Crippen LogP contribution is 2.40. The van der Waals surface area contributed by atoms with Crippen LogP contribution in [0.5, 0.6) is 0 Å². The molecule has 0 unspecified atom stereocenters. The van der Waals surface area contributed by atoms with E-state index in [4.69, 9.17) is 0 Å².